The number of aromatic nitrogens is 3. The van der Waals surface area contributed by atoms with Crippen LogP contribution in [-0.2, 0) is 0 Å². The highest BCUT2D eigenvalue weighted by atomic mass is 15.0. The Morgan fingerprint density at radius 1 is 0.759 bits per heavy atom. The lowest BCUT2D eigenvalue weighted by Gasteiger charge is -2.09. The van der Waals surface area contributed by atoms with E-state index in [-0.39, 0.29) is 0 Å². The number of pyridine rings is 2. The SMILES string of the molecule is Cc1cccc(C)c1-c1cn2c3cc4cnccc4cc3c3ccccc3c2n1. The van der Waals surface area contributed by atoms with Crippen molar-refractivity contribution in [2.75, 3.05) is 0 Å². The minimum absolute atomic E-state index is 0.994. The van der Waals surface area contributed by atoms with Crippen molar-refractivity contribution in [3.05, 3.63) is 90.4 Å². The summed E-state index contributed by atoms with van der Waals surface area (Å²) in [4.78, 5) is 9.42. The van der Waals surface area contributed by atoms with Gasteiger partial charge in [0.2, 0.25) is 0 Å². The summed E-state index contributed by atoms with van der Waals surface area (Å²) in [7, 11) is 0. The van der Waals surface area contributed by atoms with Crippen LogP contribution in [0.4, 0.5) is 0 Å². The predicted octanol–water partition coefficient (Wildman–Crippen LogP) is 6.47. The van der Waals surface area contributed by atoms with Crippen LogP contribution in [-0.4, -0.2) is 14.4 Å². The molecule has 6 aromatic rings. The number of fused-ring (bicyclic) bond motifs is 7. The van der Waals surface area contributed by atoms with Crippen molar-refractivity contribution in [2.45, 2.75) is 13.8 Å². The highest BCUT2D eigenvalue weighted by Gasteiger charge is 2.15. The number of imidazole rings is 1. The average molecular weight is 373 g/mol. The summed E-state index contributed by atoms with van der Waals surface area (Å²) in [5.74, 6) is 0. The summed E-state index contributed by atoms with van der Waals surface area (Å²) >= 11 is 0. The fraction of sp³-hybridized carbons (Fsp3) is 0.0769. The number of hydrogen-bond acceptors (Lipinski definition) is 2. The monoisotopic (exact) mass is 373 g/mol. The minimum Gasteiger partial charge on any atom is -0.298 e. The number of rotatable bonds is 1. The van der Waals surface area contributed by atoms with E-state index in [0.717, 1.165) is 22.2 Å². The maximum Gasteiger partial charge on any atom is 0.145 e. The zero-order valence-corrected chi connectivity index (χ0v) is 16.3. The lowest BCUT2D eigenvalue weighted by molar-refractivity contribution is 1.27. The summed E-state index contributed by atoms with van der Waals surface area (Å²) in [6, 6.07) is 21.5. The maximum absolute atomic E-state index is 5.11. The molecule has 0 unspecified atom stereocenters. The molecule has 0 aliphatic rings. The topological polar surface area (TPSA) is 30.2 Å². The smallest absolute Gasteiger partial charge is 0.145 e. The maximum atomic E-state index is 5.11. The van der Waals surface area contributed by atoms with Crippen molar-refractivity contribution in [3.63, 3.8) is 0 Å². The van der Waals surface area contributed by atoms with Crippen molar-refractivity contribution in [3.8, 4) is 11.3 Å². The molecule has 0 radical (unpaired) electrons. The fourth-order valence-electron chi connectivity index (χ4n) is 4.54. The molecule has 0 saturated carbocycles. The normalized spacial score (nSPS) is 11.8. The molecule has 6 rings (SSSR count). The standard InChI is InChI=1S/C26H19N3/c1-16-6-5-7-17(2)25(16)23-15-29-24-13-19-14-27-11-10-18(19)12-22(24)20-8-3-4-9-21(20)26(29)28-23/h3-15H,1-2H3. The predicted molar refractivity (Wildman–Crippen MR) is 120 cm³/mol. The van der Waals surface area contributed by atoms with Gasteiger partial charge in [-0.3, -0.25) is 9.38 Å². The molecule has 0 aliphatic carbocycles. The van der Waals surface area contributed by atoms with Gasteiger partial charge in [0.25, 0.3) is 0 Å². The number of nitrogens with zero attached hydrogens (tertiary/aromatic N) is 3. The highest BCUT2D eigenvalue weighted by Crippen LogP contribution is 2.34. The second kappa shape index (κ2) is 5.89. The van der Waals surface area contributed by atoms with Gasteiger partial charge in [-0.2, -0.15) is 0 Å². The zero-order chi connectivity index (χ0) is 19.5. The Balaban J connectivity index is 1.83. The van der Waals surface area contributed by atoms with E-state index in [0.29, 0.717) is 0 Å². The summed E-state index contributed by atoms with van der Waals surface area (Å²) in [6.45, 7) is 4.31. The molecular weight excluding hydrogens is 354 g/mol. The van der Waals surface area contributed by atoms with Gasteiger partial charge < -0.3 is 0 Å². The molecule has 3 aromatic carbocycles. The summed E-state index contributed by atoms with van der Waals surface area (Å²) in [5, 5.41) is 5.97. The van der Waals surface area contributed by atoms with Crippen LogP contribution in [0.25, 0.3) is 49.4 Å². The molecule has 0 fully saturated rings. The molecule has 0 amide bonds. The van der Waals surface area contributed by atoms with Gasteiger partial charge in [-0.25, -0.2) is 4.98 Å². The zero-order valence-electron chi connectivity index (χ0n) is 16.3. The highest BCUT2D eigenvalue weighted by molar-refractivity contribution is 6.15. The first kappa shape index (κ1) is 16.3. The van der Waals surface area contributed by atoms with Gasteiger partial charge in [-0.05, 0) is 53.9 Å². The van der Waals surface area contributed by atoms with Gasteiger partial charge in [0.15, 0.2) is 0 Å². The van der Waals surface area contributed by atoms with Crippen molar-refractivity contribution < 1.29 is 0 Å². The van der Waals surface area contributed by atoms with E-state index in [4.69, 9.17) is 4.98 Å². The molecule has 3 nitrogen and oxygen atoms in total. The lowest BCUT2D eigenvalue weighted by atomic mass is 10.0. The Bertz CT molecular complexity index is 1550. The fourth-order valence-corrected chi connectivity index (χ4v) is 4.54. The molecule has 0 spiro atoms. The quantitative estimate of drug-likeness (QED) is 0.244. The second-order valence-electron chi connectivity index (χ2n) is 7.72. The molecule has 0 saturated heterocycles. The van der Waals surface area contributed by atoms with Gasteiger partial charge in [-0.15, -0.1) is 0 Å². The van der Waals surface area contributed by atoms with Crippen LogP contribution in [0.1, 0.15) is 11.1 Å². The molecule has 138 valence electrons. The Kier molecular flexibility index (Phi) is 3.30. The molecule has 0 aliphatic heterocycles. The van der Waals surface area contributed by atoms with Crippen molar-refractivity contribution >= 4 is 38.1 Å². The van der Waals surface area contributed by atoms with Gasteiger partial charge in [-0.1, -0.05) is 42.5 Å². The Labute approximate surface area is 168 Å². The average Bonchev–Trinajstić information content (AvgIpc) is 3.18. The van der Waals surface area contributed by atoms with Gasteiger partial charge >= 0.3 is 0 Å². The van der Waals surface area contributed by atoms with Crippen molar-refractivity contribution in [1.29, 1.82) is 0 Å². The second-order valence-corrected chi connectivity index (χ2v) is 7.72. The third kappa shape index (κ3) is 2.31. The van der Waals surface area contributed by atoms with Gasteiger partial charge in [0.1, 0.15) is 5.65 Å². The molecule has 0 bridgehead atoms. The lowest BCUT2D eigenvalue weighted by Crippen LogP contribution is -1.91. The first-order valence-corrected chi connectivity index (χ1v) is 9.84. The molecule has 0 atom stereocenters. The Hall–Kier alpha value is -3.72. The Morgan fingerprint density at radius 2 is 1.55 bits per heavy atom. The molecular formula is C26H19N3. The first-order valence-electron chi connectivity index (χ1n) is 9.84. The van der Waals surface area contributed by atoms with Crippen LogP contribution in [0.3, 0.4) is 0 Å². The van der Waals surface area contributed by atoms with E-state index in [9.17, 15) is 0 Å². The van der Waals surface area contributed by atoms with Gasteiger partial charge in [0, 0.05) is 40.3 Å². The minimum atomic E-state index is 0.994. The molecule has 3 heterocycles. The van der Waals surface area contributed by atoms with Crippen molar-refractivity contribution in [1.82, 2.24) is 14.4 Å². The molecule has 29 heavy (non-hydrogen) atoms. The van der Waals surface area contributed by atoms with Crippen LogP contribution in [0.5, 0.6) is 0 Å². The van der Waals surface area contributed by atoms with Crippen molar-refractivity contribution in [2.24, 2.45) is 0 Å². The summed E-state index contributed by atoms with van der Waals surface area (Å²) in [6.07, 6.45) is 5.96. The number of benzene rings is 3. The molecule has 0 N–H and O–H groups in total. The molecule has 3 heteroatoms. The van der Waals surface area contributed by atoms with Crippen LogP contribution in [0.2, 0.25) is 0 Å². The Morgan fingerprint density at radius 3 is 2.38 bits per heavy atom. The first-order chi connectivity index (χ1) is 14.2. The number of hydrogen-bond donors (Lipinski definition) is 0. The van der Waals surface area contributed by atoms with Crippen LogP contribution >= 0.6 is 0 Å². The summed E-state index contributed by atoms with van der Waals surface area (Å²) in [5.41, 5.74) is 6.88. The van der Waals surface area contributed by atoms with E-state index in [1.54, 1.807) is 0 Å². The van der Waals surface area contributed by atoms with Crippen LogP contribution < -0.4 is 0 Å². The van der Waals surface area contributed by atoms with Gasteiger partial charge in [0.05, 0.1) is 11.2 Å². The summed E-state index contributed by atoms with van der Waals surface area (Å²) < 4.78 is 2.24. The van der Waals surface area contributed by atoms with E-state index in [2.05, 4.69) is 90.1 Å². The largest absolute Gasteiger partial charge is 0.298 e. The van der Waals surface area contributed by atoms with E-state index < -0.39 is 0 Å². The number of aryl methyl sites for hydroxylation is 2. The van der Waals surface area contributed by atoms with E-state index in [1.165, 1.54) is 38.2 Å². The third-order valence-corrected chi connectivity index (χ3v) is 5.92. The van der Waals surface area contributed by atoms with Crippen LogP contribution in [0.15, 0.2) is 79.3 Å². The van der Waals surface area contributed by atoms with Crippen LogP contribution in [0, 0.1) is 13.8 Å². The van der Waals surface area contributed by atoms with E-state index >= 15 is 0 Å². The third-order valence-electron chi connectivity index (χ3n) is 5.92. The molecule has 3 aromatic heterocycles. The van der Waals surface area contributed by atoms with E-state index in [1.807, 2.05) is 12.4 Å².